The molecule has 2 aromatic rings. The molecule has 26 heavy (non-hydrogen) atoms. The van der Waals surface area contributed by atoms with Crippen LogP contribution in [0.25, 0.3) is 0 Å². The van der Waals surface area contributed by atoms with Gasteiger partial charge in [0.05, 0.1) is 5.56 Å². The maximum absolute atomic E-state index is 12.0. The molecule has 6 nitrogen and oxygen atoms in total. The van der Waals surface area contributed by atoms with Crippen LogP contribution >= 0.6 is 11.6 Å². The van der Waals surface area contributed by atoms with Crippen molar-refractivity contribution >= 4 is 40.8 Å². The second kappa shape index (κ2) is 8.01. The molecule has 0 unspecified atom stereocenters. The molecular weight excluding hydrogens is 356 g/mol. The third kappa shape index (κ3) is 4.40. The molecule has 0 bridgehead atoms. The molecule has 0 spiro atoms. The topological polar surface area (TPSA) is 75.7 Å². The van der Waals surface area contributed by atoms with Crippen LogP contribution < -0.4 is 10.2 Å². The number of ether oxygens (including phenoxy) is 1. The zero-order valence-electron chi connectivity index (χ0n) is 13.9. The molecule has 0 radical (unpaired) electrons. The summed E-state index contributed by atoms with van der Waals surface area (Å²) in [7, 11) is 0. The number of benzene rings is 2. The number of carbonyl (C=O) groups excluding carboxylic acids is 3. The highest BCUT2D eigenvalue weighted by Gasteiger charge is 2.21. The van der Waals surface area contributed by atoms with Gasteiger partial charge in [0.25, 0.3) is 5.91 Å². The Bertz CT molecular complexity index is 836. The first kappa shape index (κ1) is 17.9. The van der Waals surface area contributed by atoms with Gasteiger partial charge in [-0.3, -0.25) is 9.59 Å². The van der Waals surface area contributed by atoms with Crippen molar-refractivity contribution in [1.29, 1.82) is 0 Å². The Kier molecular flexibility index (Phi) is 5.53. The van der Waals surface area contributed by atoms with Crippen molar-refractivity contribution in [2.45, 2.75) is 12.8 Å². The van der Waals surface area contributed by atoms with Crippen LogP contribution in [0.3, 0.4) is 0 Å². The molecule has 2 aromatic carbocycles. The second-order valence-electron chi connectivity index (χ2n) is 5.83. The Morgan fingerprint density at radius 1 is 1.15 bits per heavy atom. The van der Waals surface area contributed by atoms with E-state index in [1.165, 1.54) is 12.1 Å². The summed E-state index contributed by atoms with van der Waals surface area (Å²) in [5.74, 6) is -0.990. The van der Waals surface area contributed by atoms with Crippen LogP contribution in [-0.2, 0) is 14.3 Å². The number of hydrogen-bond acceptors (Lipinski definition) is 4. The van der Waals surface area contributed by atoms with E-state index in [4.69, 9.17) is 16.3 Å². The second-order valence-corrected chi connectivity index (χ2v) is 6.27. The molecule has 134 valence electrons. The summed E-state index contributed by atoms with van der Waals surface area (Å²) in [6.45, 7) is 0.267. The number of hydrogen-bond donors (Lipinski definition) is 1. The van der Waals surface area contributed by atoms with E-state index < -0.39 is 18.5 Å². The van der Waals surface area contributed by atoms with Crippen molar-refractivity contribution in [3.8, 4) is 0 Å². The quantitative estimate of drug-likeness (QED) is 0.817. The average molecular weight is 373 g/mol. The number of anilines is 2. The first-order valence-electron chi connectivity index (χ1n) is 8.16. The molecule has 1 aliphatic heterocycles. The third-order valence-electron chi connectivity index (χ3n) is 3.93. The lowest BCUT2D eigenvalue weighted by Crippen LogP contribution is -2.24. The molecule has 0 atom stereocenters. The molecular formula is C19H17ClN2O4. The van der Waals surface area contributed by atoms with E-state index >= 15 is 0 Å². The van der Waals surface area contributed by atoms with Gasteiger partial charge in [-0.05, 0) is 48.9 Å². The predicted molar refractivity (Wildman–Crippen MR) is 98.4 cm³/mol. The lowest BCUT2D eigenvalue weighted by molar-refractivity contribution is -0.119. The van der Waals surface area contributed by atoms with Gasteiger partial charge < -0.3 is 15.0 Å². The zero-order valence-corrected chi connectivity index (χ0v) is 14.7. The summed E-state index contributed by atoms with van der Waals surface area (Å²) >= 11 is 5.76. The van der Waals surface area contributed by atoms with Gasteiger partial charge >= 0.3 is 5.97 Å². The van der Waals surface area contributed by atoms with Crippen LogP contribution in [0.15, 0.2) is 48.5 Å². The lowest BCUT2D eigenvalue weighted by atomic mass is 10.2. The van der Waals surface area contributed by atoms with Gasteiger partial charge in [-0.15, -0.1) is 0 Å². The summed E-state index contributed by atoms with van der Waals surface area (Å²) in [6.07, 6.45) is 1.37. The minimum Gasteiger partial charge on any atom is -0.452 e. The van der Waals surface area contributed by atoms with E-state index in [0.29, 0.717) is 29.2 Å². The monoisotopic (exact) mass is 372 g/mol. The van der Waals surface area contributed by atoms with Crippen LogP contribution in [0.5, 0.6) is 0 Å². The molecule has 7 heteroatoms. The number of nitrogens with zero attached hydrogens (tertiary/aromatic N) is 1. The lowest BCUT2D eigenvalue weighted by Gasteiger charge is -2.16. The molecule has 0 aliphatic carbocycles. The fraction of sp³-hybridized carbons (Fsp3) is 0.211. The minimum absolute atomic E-state index is 0.0744. The highest BCUT2D eigenvalue weighted by atomic mass is 35.5. The maximum Gasteiger partial charge on any atom is 0.338 e. The highest BCUT2D eigenvalue weighted by molar-refractivity contribution is 6.30. The van der Waals surface area contributed by atoms with Crippen molar-refractivity contribution in [2.24, 2.45) is 0 Å². The SMILES string of the molecule is O=C(COC(=O)c1ccc(Cl)cc1)Nc1cccc(N2CCCC2=O)c1. The van der Waals surface area contributed by atoms with E-state index in [-0.39, 0.29) is 5.91 Å². The van der Waals surface area contributed by atoms with Gasteiger partial charge in [0.15, 0.2) is 6.61 Å². The highest BCUT2D eigenvalue weighted by Crippen LogP contribution is 2.24. The standard InChI is InChI=1S/C19H17ClN2O4/c20-14-8-6-13(7-9-14)19(25)26-12-17(23)21-15-3-1-4-16(11-15)22-10-2-5-18(22)24/h1,3-4,6-9,11H,2,5,10,12H2,(H,21,23). The molecule has 1 fully saturated rings. The van der Waals surface area contributed by atoms with Gasteiger partial charge in [-0.25, -0.2) is 4.79 Å². The van der Waals surface area contributed by atoms with Crippen molar-refractivity contribution in [1.82, 2.24) is 0 Å². The van der Waals surface area contributed by atoms with Crippen LogP contribution in [-0.4, -0.2) is 30.9 Å². The first-order valence-corrected chi connectivity index (χ1v) is 8.54. The molecule has 0 saturated carbocycles. The minimum atomic E-state index is -0.603. The normalized spacial score (nSPS) is 13.6. The summed E-state index contributed by atoms with van der Waals surface area (Å²) in [4.78, 5) is 37.4. The smallest absolute Gasteiger partial charge is 0.338 e. The largest absolute Gasteiger partial charge is 0.452 e. The molecule has 3 rings (SSSR count). The third-order valence-corrected chi connectivity index (χ3v) is 4.18. The van der Waals surface area contributed by atoms with E-state index in [0.717, 1.165) is 12.1 Å². The zero-order chi connectivity index (χ0) is 18.5. The Morgan fingerprint density at radius 2 is 1.92 bits per heavy atom. The van der Waals surface area contributed by atoms with Crippen molar-refractivity contribution in [3.63, 3.8) is 0 Å². The van der Waals surface area contributed by atoms with E-state index in [9.17, 15) is 14.4 Å². The van der Waals surface area contributed by atoms with Gasteiger partial charge in [0.1, 0.15) is 0 Å². The Balaban J connectivity index is 1.55. The number of esters is 1. The van der Waals surface area contributed by atoms with Gasteiger partial charge in [0.2, 0.25) is 5.91 Å². The number of nitrogens with one attached hydrogen (secondary N) is 1. The molecule has 1 heterocycles. The fourth-order valence-corrected chi connectivity index (χ4v) is 2.80. The molecule has 2 amide bonds. The summed E-state index contributed by atoms with van der Waals surface area (Å²) < 4.78 is 4.99. The summed E-state index contributed by atoms with van der Waals surface area (Å²) in [5.41, 5.74) is 1.59. The van der Waals surface area contributed by atoms with Gasteiger partial charge in [0, 0.05) is 29.4 Å². The van der Waals surface area contributed by atoms with Crippen LogP contribution in [0.2, 0.25) is 5.02 Å². The number of amides is 2. The van der Waals surface area contributed by atoms with Gasteiger partial charge in [-0.2, -0.15) is 0 Å². The Labute approximate surface area is 155 Å². The number of rotatable bonds is 5. The molecule has 1 saturated heterocycles. The van der Waals surface area contributed by atoms with Crippen LogP contribution in [0, 0.1) is 0 Å². The van der Waals surface area contributed by atoms with Crippen molar-refractivity contribution < 1.29 is 19.1 Å². The average Bonchev–Trinajstić information content (AvgIpc) is 3.06. The fourth-order valence-electron chi connectivity index (χ4n) is 2.67. The van der Waals surface area contributed by atoms with E-state index in [1.807, 2.05) is 6.07 Å². The predicted octanol–water partition coefficient (Wildman–Crippen LogP) is 3.26. The first-order chi connectivity index (χ1) is 12.5. The molecule has 0 aromatic heterocycles. The molecule has 1 aliphatic rings. The molecule has 1 N–H and O–H groups in total. The van der Waals surface area contributed by atoms with Gasteiger partial charge in [-0.1, -0.05) is 17.7 Å². The Morgan fingerprint density at radius 3 is 2.62 bits per heavy atom. The summed E-state index contributed by atoms with van der Waals surface area (Å²) in [5, 5.41) is 3.17. The van der Waals surface area contributed by atoms with Crippen molar-refractivity contribution in [3.05, 3.63) is 59.1 Å². The number of halogens is 1. The van der Waals surface area contributed by atoms with E-state index in [2.05, 4.69) is 5.32 Å². The van der Waals surface area contributed by atoms with E-state index in [1.54, 1.807) is 35.2 Å². The maximum atomic E-state index is 12.0. The van der Waals surface area contributed by atoms with Crippen LogP contribution in [0.1, 0.15) is 23.2 Å². The summed E-state index contributed by atoms with van der Waals surface area (Å²) in [6, 6.07) is 13.2. The number of carbonyl (C=O) groups is 3. The Hall–Kier alpha value is -2.86. The van der Waals surface area contributed by atoms with Crippen LogP contribution in [0.4, 0.5) is 11.4 Å². The van der Waals surface area contributed by atoms with Crippen molar-refractivity contribution in [2.75, 3.05) is 23.4 Å².